The minimum Gasteiger partial charge on any atom is -0.367 e. The summed E-state index contributed by atoms with van der Waals surface area (Å²) in [6, 6.07) is 0. The maximum atomic E-state index is 9.60. The van der Waals surface area contributed by atoms with Crippen molar-refractivity contribution in [1.82, 2.24) is 0 Å². The Morgan fingerprint density at radius 1 is 1.58 bits per heavy atom. The Labute approximate surface area is 73.2 Å². The zero-order chi connectivity index (χ0) is 8.72. The maximum Gasteiger partial charge on any atom is 0.161 e. The van der Waals surface area contributed by atoms with Gasteiger partial charge < -0.3 is 9.84 Å². The van der Waals surface area contributed by atoms with Gasteiger partial charge in [-0.05, 0) is 25.2 Å². The van der Waals surface area contributed by atoms with Crippen molar-refractivity contribution in [2.45, 2.75) is 26.6 Å². The molecule has 0 spiro atoms. The zero-order valence-electron chi connectivity index (χ0n) is 7.66. The molecule has 1 heterocycles. The number of aliphatic hydroxyl groups excluding tert-OH is 1. The highest BCUT2D eigenvalue weighted by atomic mass is 16.6. The number of rotatable bonds is 0. The lowest BCUT2D eigenvalue weighted by atomic mass is 9.80. The average Bonchev–Trinajstić information content (AvgIpc) is 2.42. The summed E-state index contributed by atoms with van der Waals surface area (Å²) in [5.74, 6) is 1.48. The number of fused-ring (bicyclic) bond motifs is 1. The zero-order valence-corrected chi connectivity index (χ0v) is 7.66. The average molecular weight is 168 g/mol. The van der Waals surface area contributed by atoms with Crippen molar-refractivity contribution in [3.8, 4) is 0 Å². The van der Waals surface area contributed by atoms with Crippen LogP contribution in [-0.4, -0.2) is 18.0 Å². The molecule has 1 N–H and O–H groups in total. The third kappa shape index (κ3) is 1.10. The van der Waals surface area contributed by atoms with Crippen molar-refractivity contribution in [2.75, 3.05) is 6.61 Å². The molecule has 1 unspecified atom stereocenters. The number of hydrogen-bond donors (Lipinski definition) is 1. The van der Waals surface area contributed by atoms with Gasteiger partial charge in [0.15, 0.2) is 6.29 Å². The van der Waals surface area contributed by atoms with Crippen molar-refractivity contribution in [1.29, 1.82) is 0 Å². The van der Waals surface area contributed by atoms with Gasteiger partial charge in [0.05, 0.1) is 6.61 Å². The van der Waals surface area contributed by atoms with Gasteiger partial charge in [-0.2, -0.15) is 0 Å². The Bertz CT molecular complexity index is 210. The van der Waals surface area contributed by atoms with Gasteiger partial charge in [-0.1, -0.05) is 18.6 Å². The van der Waals surface area contributed by atoms with Gasteiger partial charge in [-0.25, -0.2) is 0 Å². The summed E-state index contributed by atoms with van der Waals surface area (Å²) < 4.78 is 5.29. The van der Waals surface area contributed by atoms with Crippen LogP contribution < -0.4 is 0 Å². The molecule has 0 aromatic heterocycles. The molecule has 2 nitrogen and oxygen atoms in total. The molecule has 1 fully saturated rings. The maximum absolute atomic E-state index is 9.60. The van der Waals surface area contributed by atoms with Crippen LogP contribution in [0, 0.1) is 17.8 Å². The molecule has 0 aromatic carbocycles. The standard InChI is InChI=1S/C10H16O2/c1-6-3-4-8-7(2)5-12-10(11)9(6)8/h3,7-11H,4-5H2,1-2H3/t7?,8-,9-,10-/m1/s1. The van der Waals surface area contributed by atoms with E-state index in [1.54, 1.807) is 0 Å². The molecule has 1 aliphatic carbocycles. The smallest absolute Gasteiger partial charge is 0.161 e. The molecular weight excluding hydrogens is 152 g/mol. The molecule has 4 atom stereocenters. The fourth-order valence-corrected chi connectivity index (χ4v) is 2.44. The first-order valence-electron chi connectivity index (χ1n) is 4.66. The molecule has 1 aliphatic heterocycles. The first-order chi connectivity index (χ1) is 5.70. The first-order valence-corrected chi connectivity index (χ1v) is 4.66. The van der Waals surface area contributed by atoms with Crippen LogP contribution >= 0.6 is 0 Å². The summed E-state index contributed by atoms with van der Waals surface area (Å²) in [4.78, 5) is 0. The van der Waals surface area contributed by atoms with E-state index in [9.17, 15) is 5.11 Å². The van der Waals surface area contributed by atoms with E-state index >= 15 is 0 Å². The Balaban J connectivity index is 2.18. The Hall–Kier alpha value is -0.340. The molecule has 1 saturated heterocycles. The molecule has 2 rings (SSSR count). The van der Waals surface area contributed by atoms with Crippen LogP contribution in [0.2, 0.25) is 0 Å². The summed E-state index contributed by atoms with van der Waals surface area (Å²) in [6.45, 7) is 5.01. The summed E-state index contributed by atoms with van der Waals surface area (Å²) in [7, 11) is 0. The SMILES string of the molecule is CC1=CC[C@@H]2C(C)CO[C@@H](O)[C@H]12. The van der Waals surface area contributed by atoms with E-state index < -0.39 is 6.29 Å². The number of allylic oxidation sites excluding steroid dienone is 1. The van der Waals surface area contributed by atoms with E-state index in [4.69, 9.17) is 4.74 Å². The molecule has 0 saturated carbocycles. The third-order valence-electron chi connectivity index (χ3n) is 3.27. The second kappa shape index (κ2) is 2.86. The van der Waals surface area contributed by atoms with E-state index in [1.165, 1.54) is 5.57 Å². The largest absolute Gasteiger partial charge is 0.367 e. The van der Waals surface area contributed by atoms with Crippen molar-refractivity contribution < 1.29 is 9.84 Å². The fraction of sp³-hybridized carbons (Fsp3) is 0.800. The monoisotopic (exact) mass is 168 g/mol. The van der Waals surface area contributed by atoms with Crippen molar-refractivity contribution in [3.63, 3.8) is 0 Å². The second-order valence-corrected chi connectivity index (χ2v) is 4.07. The lowest BCUT2D eigenvalue weighted by Gasteiger charge is -2.36. The summed E-state index contributed by atoms with van der Waals surface area (Å²) in [5.41, 5.74) is 1.30. The van der Waals surface area contributed by atoms with Crippen molar-refractivity contribution in [2.24, 2.45) is 17.8 Å². The highest BCUT2D eigenvalue weighted by molar-refractivity contribution is 5.15. The molecule has 12 heavy (non-hydrogen) atoms. The topological polar surface area (TPSA) is 29.5 Å². The van der Waals surface area contributed by atoms with E-state index in [1.807, 2.05) is 0 Å². The lowest BCUT2D eigenvalue weighted by Crippen LogP contribution is -2.39. The highest BCUT2D eigenvalue weighted by Gasteiger charge is 2.40. The van der Waals surface area contributed by atoms with E-state index in [2.05, 4.69) is 19.9 Å². The second-order valence-electron chi connectivity index (χ2n) is 4.07. The van der Waals surface area contributed by atoms with Crippen LogP contribution in [0.4, 0.5) is 0 Å². The molecule has 0 aromatic rings. The van der Waals surface area contributed by atoms with Gasteiger partial charge in [0.25, 0.3) is 0 Å². The molecule has 0 radical (unpaired) electrons. The molecular formula is C10H16O2. The Morgan fingerprint density at radius 3 is 3.00 bits per heavy atom. The normalized spacial score (nSPS) is 47.1. The van der Waals surface area contributed by atoms with Gasteiger partial charge in [0.2, 0.25) is 0 Å². The fourth-order valence-electron chi connectivity index (χ4n) is 2.44. The molecule has 0 amide bonds. The number of aliphatic hydroxyl groups is 1. The van der Waals surface area contributed by atoms with Gasteiger partial charge >= 0.3 is 0 Å². The molecule has 2 heteroatoms. The van der Waals surface area contributed by atoms with Crippen molar-refractivity contribution in [3.05, 3.63) is 11.6 Å². The Morgan fingerprint density at radius 2 is 2.33 bits per heavy atom. The van der Waals surface area contributed by atoms with Crippen LogP contribution in [0.25, 0.3) is 0 Å². The van der Waals surface area contributed by atoms with Crippen LogP contribution in [0.1, 0.15) is 20.3 Å². The Kier molecular flexibility index (Phi) is 1.97. The summed E-state index contributed by atoms with van der Waals surface area (Å²) in [6.07, 6.45) is 2.81. The predicted octanol–water partition coefficient (Wildman–Crippen LogP) is 1.55. The van der Waals surface area contributed by atoms with Crippen LogP contribution in [-0.2, 0) is 4.74 Å². The van der Waals surface area contributed by atoms with Gasteiger partial charge in [0, 0.05) is 5.92 Å². The third-order valence-corrected chi connectivity index (χ3v) is 3.27. The minimum atomic E-state index is -0.551. The molecule has 2 aliphatic rings. The van der Waals surface area contributed by atoms with Gasteiger partial charge in [-0.15, -0.1) is 0 Å². The van der Waals surface area contributed by atoms with Crippen LogP contribution in [0.3, 0.4) is 0 Å². The van der Waals surface area contributed by atoms with E-state index in [0.717, 1.165) is 6.42 Å². The summed E-state index contributed by atoms with van der Waals surface area (Å²) in [5, 5.41) is 9.60. The predicted molar refractivity (Wildman–Crippen MR) is 46.5 cm³/mol. The molecule has 68 valence electrons. The highest BCUT2D eigenvalue weighted by Crippen LogP contribution is 2.42. The van der Waals surface area contributed by atoms with Crippen LogP contribution in [0.5, 0.6) is 0 Å². The number of ether oxygens (including phenoxy) is 1. The van der Waals surface area contributed by atoms with E-state index in [0.29, 0.717) is 18.4 Å². The van der Waals surface area contributed by atoms with E-state index in [-0.39, 0.29) is 5.92 Å². The summed E-state index contributed by atoms with van der Waals surface area (Å²) >= 11 is 0. The molecule has 0 bridgehead atoms. The van der Waals surface area contributed by atoms with Gasteiger partial charge in [0.1, 0.15) is 0 Å². The first kappa shape index (κ1) is 8.27. The number of hydrogen-bond acceptors (Lipinski definition) is 2. The lowest BCUT2D eigenvalue weighted by molar-refractivity contribution is -0.180. The minimum absolute atomic E-state index is 0.272. The van der Waals surface area contributed by atoms with Crippen molar-refractivity contribution >= 4 is 0 Å². The van der Waals surface area contributed by atoms with Gasteiger partial charge in [-0.3, -0.25) is 0 Å². The quantitative estimate of drug-likeness (QED) is 0.556. The van der Waals surface area contributed by atoms with Crippen LogP contribution in [0.15, 0.2) is 11.6 Å².